The Morgan fingerprint density at radius 1 is 1.25 bits per heavy atom. The van der Waals surface area contributed by atoms with E-state index in [1.807, 2.05) is 6.07 Å². The Hall–Kier alpha value is -0.407. The van der Waals surface area contributed by atoms with E-state index in [0.29, 0.717) is 0 Å². The van der Waals surface area contributed by atoms with Crippen molar-refractivity contribution >= 4 is 13.3 Å². The van der Waals surface area contributed by atoms with Gasteiger partial charge in [0, 0.05) is 0 Å². The molecular weight excluding hydrogens is 159 g/mol. The fourth-order valence-corrected chi connectivity index (χ4v) is 1.12. The summed E-state index contributed by atoms with van der Waals surface area (Å²) in [5.74, 6) is 8.90. The number of nitriles is 1. The van der Waals surface area contributed by atoms with Crippen molar-refractivity contribution in [1.29, 1.82) is 5.26 Å². The summed E-state index contributed by atoms with van der Waals surface area (Å²) < 4.78 is 2.95. The Morgan fingerprint density at radius 3 is 1.88 bits per heavy atom. The molecule has 0 fully saturated rings. The summed E-state index contributed by atoms with van der Waals surface area (Å²) in [6.45, 7) is 0. The standard InChI is InChI=1S/C6H9GeN/c1-7(2,3)5-4-6-8/h1-3H3. The van der Waals surface area contributed by atoms with Crippen LogP contribution in [0.1, 0.15) is 0 Å². The Balaban J connectivity index is 3.93. The molecule has 0 aliphatic heterocycles. The summed E-state index contributed by atoms with van der Waals surface area (Å²) in [6.07, 6.45) is 0. The van der Waals surface area contributed by atoms with Gasteiger partial charge in [0.2, 0.25) is 0 Å². The molecule has 0 N–H and O–H groups in total. The van der Waals surface area contributed by atoms with Crippen molar-refractivity contribution in [2.45, 2.75) is 17.3 Å². The van der Waals surface area contributed by atoms with E-state index < -0.39 is 13.3 Å². The van der Waals surface area contributed by atoms with E-state index in [1.54, 1.807) is 0 Å². The van der Waals surface area contributed by atoms with Crippen LogP contribution in [0.3, 0.4) is 0 Å². The van der Waals surface area contributed by atoms with Crippen LogP contribution in [-0.2, 0) is 0 Å². The summed E-state index contributed by atoms with van der Waals surface area (Å²) in [7, 11) is 0. The van der Waals surface area contributed by atoms with Gasteiger partial charge in [-0.1, -0.05) is 0 Å². The van der Waals surface area contributed by atoms with Crippen LogP contribution in [0.15, 0.2) is 0 Å². The number of hydrogen-bond donors (Lipinski definition) is 0. The molecule has 1 nitrogen and oxygen atoms in total. The van der Waals surface area contributed by atoms with Crippen molar-refractivity contribution < 1.29 is 0 Å². The quantitative estimate of drug-likeness (QED) is 0.395. The molecule has 0 aliphatic rings. The van der Waals surface area contributed by atoms with Crippen molar-refractivity contribution in [2.75, 3.05) is 0 Å². The van der Waals surface area contributed by atoms with Crippen molar-refractivity contribution in [1.82, 2.24) is 0 Å². The third-order valence-corrected chi connectivity index (χ3v) is 2.33. The summed E-state index contributed by atoms with van der Waals surface area (Å²) in [5, 5.41) is 8.04. The molecular formula is C6H9GeN. The molecule has 0 saturated carbocycles. The molecule has 0 amide bonds. The van der Waals surface area contributed by atoms with Crippen LogP contribution in [0.4, 0.5) is 0 Å². The van der Waals surface area contributed by atoms with Gasteiger partial charge < -0.3 is 0 Å². The fourth-order valence-electron chi connectivity index (χ4n) is 0.215. The minimum atomic E-state index is -1.69. The van der Waals surface area contributed by atoms with E-state index in [-0.39, 0.29) is 0 Å². The van der Waals surface area contributed by atoms with Crippen molar-refractivity contribution in [2.24, 2.45) is 0 Å². The normalized spacial score (nSPS) is 8.75. The van der Waals surface area contributed by atoms with Crippen LogP contribution >= 0.6 is 0 Å². The average molecular weight is 168 g/mol. The Labute approximate surface area is 53.1 Å². The van der Waals surface area contributed by atoms with Gasteiger partial charge in [0.1, 0.15) is 0 Å². The summed E-state index contributed by atoms with van der Waals surface area (Å²) >= 11 is -1.69. The van der Waals surface area contributed by atoms with Crippen LogP contribution in [-0.4, -0.2) is 13.3 Å². The summed E-state index contributed by atoms with van der Waals surface area (Å²) in [4.78, 5) is 0. The summed E-state index contributed by atoms with van der Waals surface area (Å²) in [6, 6.07) is 1.81. The van der Waals surface area contributed by atoms with Crippen LogP contribution < -0.4 is 0 Å². The number of nitrogens with zero attached hydrogens (tertiary/aromatic N) is 1. The van der Waals surface area contributed by atoms with Crippen LogP contribution in [0.5, 0.6) is 0 Å². The van der Waals surface area contributed by atoms with Crippen molar-refractivity contribution in [3.8, 4) is 16.7 Å². The average Bonchev–Trinajstić information content (AvgIpc) is 1.59. The van der Waals surface area contributed by atoms with Crippen molar-refractivity contribution in [3.05, 3.63) is 0 Å². The van der Waals surface area contributed by atoms with E-state index in [1.165, 1.54) is 0 Å². The molecule has 0 spiro atoms. The Morgan fingerprint density at radius 2 is 1.75 bits per heavy atom. The molecule has 0 radical (unpaired) electrons. The second kappa shape index (κ2) is 2.79. The fraction of sp³-hybridized carbons (Fsp3) is 0.500. The molecule has 8 heavy (non-hydrogen) atoms. The first-order valence-electron chi connectivity index (χ1n) is 2.47. The minimum absolute atomic E-state index is 1.69. The molecule has 0 aromatic rings. The van der Waals surface area contributed by atoms with Gasteiger partial charge in [0.15, 0.2) is 0 Å². The second-order valence-corrected chi connectivity index (χ2v) is 12.6. The molecule has 0 rings (SSSR count). The van der Waals surface area contributed by atoms with E-state index >= 15 is 0 Å². The molecule has 42 valence electrons. The van der Waals surface area contributed by atoms with Gasteiger partial charge in [-0.2, -0.15) is 0 Å². The predicted octanol–water partition coefficient (Wildman–Crippen LogP) is 1.39. The molecule has 0 aliphatic carbocycles. The summed E-state index contributed by atoms with van der Waals surface area (Å²) in [5.41, 5.74) is 0. The molecule has 0 atom stereocenters. The molecule has 0 aromatic carbocycles. The Bertz CT molecular complexity index is 160. The molecule has 0 unspecified atom stereocenters. The first-order valence-corrected chi connectivity index (χ1v) is 9.82. The van der Waals surface area contributed by atoms with Gasteiger partial charge >= 0.3 is 52.5 Å². The molecule has 0 aromatic heterocycles. The SMILES string of the molecule is [CH3][Ge]([CH3])([CH3])[C]#CC#N. The van der Waals surface area contributed by atoms with Gasteiger partial charge in [-0.15, -0.1) is 0 Å². The third-order valence-electron chi connectivity index (χ3n) is 0.493. The van der Waals surface area contributed by atoms with Gasteiger partial charge in [-0.3, -0.25) is 0 Å². The molecule has 0 bridgehead atoms. The molecule has 0 heterocycles. The first kappa shape index (κ1) is 7.59. The number of rotatable bonds is 0. The van der Waals surface area contributed by atoms with Gasteiger partial charge in [0.05, 0.1) is 0 Å². The first-order chi connectivity index (χ1) is 3.56. The van der Waals surface area contributed by atoms with E-state index in [4.69, 9.17) is 5.26 Å². The van der Waals surface area contributed by atoms with E-state index in [2.05, 4.69) is 27.9 Å². The topological polar surface area (TPSA) is 23.8 Å². The second-order valence-electron chi connectivity index (χ2n) is 2.61. The van der Waals surface area contributed by atoms with Crippen LogP contribution in [0.25, 0.3) is 0 Å². The van der Waals surface area contributed by atoms with Gasteiger partial charge in [-0.05, 0) is 0 Å². The van der Waals surface area contributed by atoms with Crippen LogP contribution in [0, 0.1) is 22.0 Å². The van der Waals surface area contributed by atoms with Crippen molar-refractivity contribution in [3.63, 3.8) is 0 Å². The van der Waals surface area contributed by atoms with Gasteiger partial charge in [-0.25, -0.2) is 0 Å². The number of hydrogen-bond acceptors (Lipinski definition) is 1. The monoisotopic (exact) mass is 169 g/mol. The molecule has 2 heteroatoms. The Kier molecular flexibility index (Phi) is 2.65. The zero-order valence-electron chi connectivity index (χ0n) is 5.45. The molecule has 0 saturated heterocycles. The maximum absolute atomic E-state index is 8.04. The maximum atomic E-state index is 8.04. The third kappa shape index (κ3) is 5.59. The predicted molar refractivity (Wildman–Crippen MR) is 36.7 cm³/mol. The van der Waals surface area contributed by atoms with E-state index in [9.17, 15) is 0 Å². The van der Waals surface area contributed by atoms with Crippen LogP contribution in [0.2, 0.25) is 17.3 Å². The van der Waals surface area contributed by atoms with Gasteiger partial charge in [0.25, 0.3) is 0 Å². The zero-order chi connectivity index (χ0) is 6.62. The zero-order valence-corrected chi connectivity index (χ0v) is 7.55. The van der Waals surface area contributed by atoms with E-state index in [0.717, 1.165) is 0 Å².